The number of aliphatic hydroxyl groups excluding tert-OH is 1. The van der Waals surface area contributed by atoms with Gasteiger partial charge in [-0.25, -0.2) is 0 Å². The van der Waals surface area contributed by atoms with Crippen LogP contribution in [0.1, 0.15) is 31.2 Å². The normalized spacial score (nSPS) is 16.9. The largest absolute Gasteiger partial charge is 0.394 e. The predicted molar refractivity (Wildman–Crippen MR) is 86.5 cm³/mol. The van der Waals surface area contributed by atoms with E-state index in [0.717, 1.165) is 24.3 Å². The number of thioether (sulfide) groups is 1. The Morgan fingerprint density at radius 1 is 1.29 bits per heavy atom. The first-order valence-electron chi connectivity index (χ1n) is 7.39. The van der Waals surface area contributed by atoms with E-state index in [4.69, 9.17) is 0 Å². The molecule has 0 saturated heterocycles. The van der Waals surface area contributed by atoms with E-state index >= 15 is 0 Å². The van der Waals surface area contributed by atoms with Gasteiger partial charge >= 0.3 is 0 Å². The highest BCUT2D eigenvalue weighted by atomic mass is 32.2. The molecule has 1 saturated carbocycles. The molecule has 1 aliphatic rings. The van der Waals surface area contributed by atoms with Crippen molar-refractivity contribution in [3.8, 4) is 0 Å². The van der Waals surface area contributed by atoms with Gasteiger partial charge in [-0.3, -0.25) is 4.79 Å². The minimum atomic E-state index is -0.0890. The second-order valence-electron chi connectivity index (χ2n) is 5.91. The fourth-order valence-electron chi connectivity index (χ4n) is 2.60. The summed E-state index contributed by atoms with van der Waals surface area (Å²) in [7, 11) is 3.51. The fraction of sp³-hybridized carbons (Fsp3) is 0.562. The molecular formula is C16H24N2O2S. The Bertz CT molecular complexity index is 468. The smallest absolute Gasteiger partial charge is 0.285 e. The molecule has 0 heterocycles. The van der Waals surface area contributed by atoms with Crippen LogP contribution in [0.2, 0.25) is 0 Å². The first-order valence-corrected chi connectivity index (χ1v) is 8.20. The van der Waals surface area contributed by atoms with Crippen molar-refractivity contribution in [3.05, 3.63) is 29.8 Å². The zero-order chi connectivity index (χ0) is 15.3. The minimum absolute atomic E-state index is 0.0334. The highest BCUT2D eigenvalue weighted by Gasteiger charge is 2.32. The Labute approximate surface area is 130 Å². The van der Waals surface area contributed by atoms with Gasteiger partial charge in [0.2, 0.25) is 0 Å². The van der Waals surface area contributed by atoms with Crippen molar-refractivity contribution >= 4 is 17.0 Å². The first-order chi connectivity index (χ1) is 10.0. The van der Waals surface area contributed by atoms with Crippen molar-refractivity contribution in [2.45, 2.75) is 42.7 Å². The zero-order valence-corrected chi connectivity index (χ0v) is 13.6. The molecular weight excluding hydrogens is 284 g/mol. The lowest BCUT2D eigenvalue weighted by Crippen LogP contribution is -2.45. The van der Waals surface area contributed by atoms with Gasteiger partial charge in [-0.2, -0.15) is 0 Å². The van der Waals surface area contributed by atoms with E-state index in [1.807, 2.05) is 24.3 Å². The number of nitrogens with zero attached hydrogens (tertiary/aromatic N) is 1. The molecule has 0 unspecified atom stereocenters. The molecule has 2 N–H and O–H groups in total. The number of carbonyl (C=O) groups excluding carboxylic acids is 1. The van der Waals surface area contributed by atoms with Crippen LogP contribution in [0.3, 0.4) is 0 Å². The lowest BCUT2D eigenvalue weighted by Gasteiger charge is -2.28. The van der Waals surface area contributed by atoms with Gasteiger partial charge in [0.15, 0.2) is 0 Å². The molecule has 1 fully saturated rings. The molecule has 116 valence electrons. The summed E-state index contributed by atoms with van der Waals surface area (Å²) in [5, 5.41) is 13.1. The molecule has 0 atom stereocenters. The van der Waals surface area contributed by atoms with Gasteiger partial charge in [-0.05, 0) is 42.3 Å². The Hall–Kier alpha value is -1.04. The maximum Gasteiger partial charge on any atom is 0.285 e. The maximum absolute atomic E-state index is 11.6. The highest BCUT2D eigenvalue weighted by Crippen LogP contribution is 2.29. The van der Waals surface area contributed by atoms with E-state index in [1.54, 1.807) is 19.0 Å². The van der Waals surface area contributed by atoms with Crippen LogP contribution in [-0.2, 0) is 6.54 Å². The number of benzene rings is 1. The molecule has 0 aliphatic heterocycles. The summed E-state index contributed by atoms with van der Waals surface area (Å²) >= 11 is 1.23. The molecule has 21 heavy (non-hydrogen) atoms. The van der Waals surface area contributed by atoms with Gasteiger partial charge in [0.05, 0.1) is 6.61 Å². The van der Waals surface area contributed by atoms with Gasteiger partial charge < -0.3 is 15.3 Å². The second kappa shape index (κ2) is 7.29. The number of aliphatic hydroxyl groups is 1. The lowest BCUT2D eigenvalue weighted by molar-refractivity contribution is 0.163. The third-order valence-corrected chi connectivity index (χ3v) is 5.07. The molecule has 0 radical (unpaired) electrons. The van der Waals surface area contributed by atoms with Gasteiger partial charge in [0.25, 0.3) is 5.24 Å². The summed E-state index contributed by atoms with van der Waals surface area (Å²) in [5.74, 6) is 0. The van der Waals surface area contributed by atoms with Crippen LogP contribution in [0, 0.1) is 0 Å². The van der Waals surface area contributed by atoms with Crippen LogP contribution in [0.5, 0.6) is 0 Å². The van der Waals surface area contributed by atoms with Crippen molar-refractivity contribution in [2.24, 2.45) is 0 Å². The Kier molecular flexibility index (Phi) is 5.67. The van der Waals surface area contributed by atoms with Crippen molar-refractivity contribution < 1.29 is 9.90 Å². The molecule has 1 aliphatic carbocycles. The number of rotatable bonds is 5. The fourth-order valence-corrected chi connectivity index (χ4v) is 3.26. The Morgan fingerprint density at radius 2 is 1.90 bits per heavy atom. The average molecular weight is 308 g/mol. The van der Waals surface area contributed by atoms with Gasteiger partial charge in [0.1, 0.15) is 0 Å². The number of carbonyl (C=O) groups is 1. The average Bonchev–Trinajstić information content (AvgIpc) is 2.96. The number of nitrogens with one attached hydrogen (secondary N) is 1. The highest BCUT2D eigenvalue weighted by molar-refractivity contribution is 8.13. The van der Waals surface area contributed by atoms with E-state index in [2.05, 4.69) is 5.32 Å². The summed E-state index contributed by atoms with van der Waals surface area (Å²) in [6.45, 7) is 0.964. The van der Waals surface area contributed by atoms with Crippen LogP contribution in [0.15, 0.2) is 29.2 Å². The molecule has 1 aromatic rings. The minimum Gasteiger partial charge on any atom is -0.394 e. The first kappa shape index (κ1) is 16.3. The van der Waals surface area contributed by atoms with Crippen molar-refractivity contribution in [1.82, 2.24) is 10.2 Å². The summed E-state index contributed by atoms with van der Waals surface area (Å²) in [5.41, 5.74) is 1.09. The van der Waals surface area contributed by atoms with Gasteiger partial charge in [0, 0.05) is 31.1 Å². The molecule has 2 rings (SSSR count). The van der Waals surface area contributed by atoms with E-state index in [9.17, 15) is 9.90 Å². The summed E-state index contributed by atoms with van der Waals surface area (Å²) < 4.78 is 0. The van der Waals surface area contributed by atoms with Crippen LogP contribution >= 0.6 is 11.8 Å². The van der Waals surface area contributed by atoms with E-state index in [1.165, 1.54) is 30.2 Å². The molecule has 4 nitrogen and oxygen atoms in total. The molecule has 0 bridgehead atoms. The van der Waals surface area contributed by atoms with Crippen LogP contribution in [-0.4, -0.2) is 41.5 Å². The quantitative estimate of drug-likeness (QED) is 0.821. The number of amides is 1. The summed E-state index contributed by atoms with van der Waals surface area (Å²) in [6, 6.07) is 8.03. The standard InChI is InChI=1S/C16H24N2O2S/c1-18(2)15(20)21-14-7-5-13(6-8-14)11-17-16(12-19)9-3-4-10-16/h5-8,17,19H,3-4,9-12H2,1-2H3. The molecule has 0 spiro atoms. The monoisotopic (exact) mass is 308 g/mol. The topological polar surface area (TPSA) is 52.6 Å². The summed E-state index contributed by atoms with van der Waals surface area (Å²) in [4.78, 5) is 14.2. The lowest BCUT2D eigenvalue weighted by atomic mass is 9.98. The van der Waals surface area contributed by atoms with Crippen molar-refractivity contribution in [1.29, 1.82) is 0 Å². The second-order valence-corrected chi connectivity index (χ2v) is 6.93. The predicted octanol–water partition coefficient (Wildman–Crippen LogP) is 2.86. The van der Waals surface area contributed by atoms with E-state index in [-0.39, 0.29) is 17.4 Å². The number of hydrogen-bond acceptors (Lipinski definition) is 4. The SMILES string of the molecule is CN(C)C(=O)Sc1ccc(CNC2(CO)CCCC2)cc1. The number of hydrogen-bond donors (Lipinski definition) is 2. The van der Waals surface area contributed by atoms with Gasteiger partial charge in [-0.1, -0.05) is 25.0 Å². The van der Waals surface area contributed by atoms with Gasteiger partial charge in [-0.15, -0.1) is 0 Å². The molecule has 0 aromatic heterocycles. The third-order valence-electron chi connectivity index (χ3n) is 4.02. The summed E-state index contributed by atoms with van der Waals surface area (Å²) in [6.07, 6.45) is 4.48. The third kappa shape index (κ3) is 4.46. The van der Waals surface area contributed by atoms with Crippen LogP contribution in [0.25, 0.3) is 0 Å². The van der Waals surface area contributed by atoms with Crippen molar-refractivity contribution in [2.75, 3.05) is 20.7 Å². The van der Waals surface area contributed by atoms with Crippen LogP contribution in [0.4, 0.5) is 4.79 Å². The van der Waals surface area contributed by atoms with E-state index in [0.29, 0.717) is 0 Å². The van der Waals surface area contributed by atoms with Crippen molar-refractivity contribution in [3.63, 3.8) is 0 Å². The van der Waals surface area contributed by atoms with Crippen LogP contribution < -0.4 is 5.32 Å². The Balaban J connectivity index is 1.89. The molecule has 1 aromatic carbocycles. The maximum atomic E-state index is 11.6. The van der Waals surface area contributed by atoms with E-state index < -0.39 is 0 Å². The Morgan fingerprint density at radius 3 is 2.43 bits per heavy atom. The molecule has 1 amide bonds. The zero-order valence-electron chi connectivity index (χ0n) is 12.8. The molecule has 5 heteroatoms.